The fraction of sp³-hybridized carbons (Fsp3) is 1.00. The van der Waals surface area contributed by atoms with Crippen LogP contribution in [0.2, 0.25) is 0 Å². The van der Waals surface area contributed by atoms with Gasteiger partial charge in [-0.05, 0) is 0 Å². The van der Waals surface area contributed by atoms with Gasteiger partial charge in [0.25, 0.3) is 0 Å². The predicted octanol–water partition coefficient (Wildman–Crippen LogP) is -2.58. The molecule has 10 heavy (non-hydrogen) atoms. The molecular weight excluding hydrogens is 140 g/mol. The van der Waals surface area contributed by atoms with Gasteiger partial charge in [-0.3, -0.25) is 0 Å². The summed E-state index contributed by atoms with van der Waals surface area (Å²) in [7, 11) is 0. The smallest absolute Gasteiger partial charge is 0.183 e. The van der Waals surface area contributed by atoms with E-state index in [1.165, 1.54) is 0 Å². The van der Waals surface area contributed by atoms with Crippen molar-refractivity contribution in [1.29, 1.82) is 0 Å². The molecule has 0 aromatic carbocycles. The van der Waals surface area contributed by atoms with Crippen molar-refractivity contribution in [3.63, 3.8) is 0 Å². The molecule has 1 saturated heterocycles. The Bertz CT molecular complexity index is 103. The summed E-state index contributed by atoms with van der Waals surface area (Å²) in [6, 6.07) is 0. The zero-order chi connectivity index (χ0) is 7.72. The average Bonchev–Trinajstić information content (AvgIpc) is 1.93. The van der Waals surface area contributed by atoms with Crippen molar-refractivity contribution < 1.29 is 25.2 Å². The molecule has 0 aliphatic carbocycles. The summed E-state index contributed by atoms with van der Waals surface area (Å²) in [5.41, 5.74) is 0. The van der Waals surface area contributed by atoms with Crippen LogP contribution in [0.3, 0.4) is 0 Å². The van der Waals surface area contributed by atoms with E-state index < -0.39 is 24.6 Å². The Morgan fingerprint density at radius 3 is 2.10 bits per heavy atom. The minimum Gasteiger partial charge on any atom is -0.388 e. The van der Waals surface area contributed by atoms with Gasteiger partial charge < -0.3 is 25.2 Å². The average molecular weight is 150 g/mol. The maximum Gasteiger partial charge on any atom is 0.183 e. The lowest BCUT2D eigenvalue weighted by Gasteiger charge is -2.31. The predicted molar refractivity (Wildman–Crippen MR) is 30.0 cm³/mol. The van der Waals surface area contributed by atoms with E-state index in [1.807, 2.05) is 0 Å². The van der Waals surface area contributed by atoms with Crippen LogP contribution in [0, 0.1) is 0 Å². The van der Waals surface area contributed by atoms with Crippen LogP contribution in [0.1, 0.15) is 0 Å². The lowest BCUT2D eigenvalue weighted by atomic mass is 10.1. The topological polar surface area (TPSA) is 90.2 Å². The summed E-state index contributed by atoms with van der Waals surface area (Å²) in [6.45, 7) is -0.153. The van der Waals surface area contributed by atoms with Crippen molar-refractivity contribution in [3.8, 4) is 0 Å². The maximum absolute atomic E-state index is 8.88. The molecule has 4 N–H and O–H groups in total. The summed E-state index contributed by atoms with van der Waals surface area (Å²) < 4.78 is 4.47. The number of hydrogen-bond acceptors (Lipinski definition) is 5. The van der Waals surface area contributed by atoms with Crippen LogP contribution >= 0.6 is 0 Å². The summed E-state index contributed by atoms with van der Waals surface area (Å²) in [6.07, 6.45) is -5.23. The van der Waals surface area contributed by atoms with E-state index in [0.29, 0.717) is 0 Å². The minimum atomic E-state index is -1.41. The van der Waals surface area contributed by atoms with E-state index >= 15 is 0 Å². The summed E-state index contributed by atoms with van der Waals surface area (Å²) in [5.74, 6) is 0. The number of hydrogen-bond donors (Lipinski definition) is 4. The van der Waals surface area contributed by atoms with Gasteiger partial charge in [-0.2, -0.15) is 0 Å². The largest absolute Gasteiger partial charge is 0.388 e. The van der Waals surface area contributed by atoms with Gasteiger partial charge in [0, 0.05) is 0 Å². The second kappa shape index (κ2) is 2.81. The van der Waals surface area contributed by atoms with Crippen molar-refractivity contribution >= 4 is 0 Å². The minimum absolute atomic E-state index is 0.153. The third-order valence-electron chi connectivity index (χ3n) is 1.47. The third kappa shape index (κ3) is 1.28. The molecule has 60 valence electrons. The molecule has 1 aliphatic heterocycles. The Morgan fingerprint density at radius 2 is 1.60 bits per heavy atom. The molecule has 0 spiro atoms. The number of aliphatic hydroxyl groups is 4. The van der Waals surface area contributed by atoms with Crippen LogP contribution in [0.25, 0.3) is 0 Å². The first kappa shape index (κ1) is 7.90. The second-order valence-electron chi connectivity index (χ2n) is 2.27. The summed E-state index contributed by atoms with van der Waals surface area (Å²) in [5, 5.41) is 35.3. The Kier molecular flexibility index (Phi) is 2.22. The molecule has 4 atom stereocenters. The van der Waals surface area contributed by atoms with Gasteiger partial charge >= 0.3 is 0 Å². The molecule has 5 nitrogen and oxygen atoms in total. The van der Waals surface area contributed by atoms with Gasteiger partial charge in [0.15, 0.2) is 6.29 Å². The Labute approximate surface area is 57.5 Å². The van der Waals surface area contributed by atoms with Crippen molar-refractivity contribution in [2.45, 2.75) is 24.6 Å². The monoisotopic (exact) mass is 150 g/mol. The molecule has 0 saturated carbocycles. The molecule has 2 unspecified atom stereocenters. The zero-order valence-corrected chi connectivity index (χ0v) is 5.21. The molecule has 0 aromatic heterocycles. The van der Waals surface area contributed by atoms with Gasteiger partial charge in [0.2, 0.25) is 0 Å². The maximum atomic E-state index is 8.88. The first-order valence-electron chi connectivity index (χ1n) is 2.97. The van der Waals surface area contributed by atoms with E-state index in [0.717, 1.165) is 0 Å². The fourth-order valence-corrected chi connectivity index (χ4v) is 0.791. The molecule has 1 heterocycles. The number of ether oxygens (including phenoxy) is 1. The SMILES string of the molecule is OC1OC[C@@H](O)[C@@H](O)C1O. The van der Waals surface area contributed by atoms with Crippen LogP contribution in [-0.2, 0) is 4.74 Å². The van der Waals surface area contributed by atoms with Gasteiger partial charge in [-0.25, -0.2) is 0 Å². The van der Waals surface area contributed by atoms with Gasteiger partial charge in [0.1, 0.15) is 18.3 Å². The fourth-order valence-electron chi connectivity index (χ4n) is 0.791. The first-order chi connectivity index (χ1) is 4.63. The van der Waals surface area contributed by atoms with Crippen molar-refractivity contribution in [2.24, 2.45) is 0 Å². The molecule has 5 heteroatoms. The Morgan fingerprint density at radius 1 is 1.00 bits per heavy atom. The molecule has 1 rings (SSSR count). The van der Waals surface area contributed by atoms with E-state index in [9.17, 15) is 0 Å². The van der Waals surface area contributed by atoms with Gasteiger partial charge in [-0.15, -0.1) is 0 Å². The third-order valence-corrected chi connectivity index (χ3v) is 1.47. The second-order valence-corrected chi connectivity index (χ2v) is 2.27. The van der Waals surface area contributed by atoms with Gasteiger partial charge in [-0.1, -0.05) is 0 Å². The Hall–Kier alpha value is -0.200. The van der Waals surface area contributed by atoms with Crippen molar-refractivity contribution in [1.82, 2.24) is 0 Å². The molecule has 0 bridgehead atoms. The number of aliphatic hydroxyl groups excluding tert-OH is 4. The summed E-state index contributed by atoms with van der Waals surface area (Å²) >= 11 is 0. The first-order valence-corrected chi connectivity index (χ1v) is 2.97. The highest BCUT2D eigenvalue weighted by atomic mass is 16.6. The highest BCUT2D eigenvalue weighted by Crippen LogP contribution is 2.12. The molecule has 0 radical (unpaired) electrons. The van der Waals surface area contributed by atoms with Crippen molar-refractivity contribution in [3.05, 3.63) is 0 Å². The molecular formula is C5H10O5. The normalized spacial score (nSPS) is 49.2. The lowest BCUT2D eigenvalue weighted by molar-refractivity contribution is -0.252. The van der Waals surface area contributed by atoms with E-state index in [-0.39, 0.29) is 6.61 Å². The van der Waals surface area contributed by atoms with Crippen LogP contribution in [0.4, 0.5) is 0 Å². The van der Waals surface area contributed by atoms with Crippen LogP contribution in [0.15, 0.2) is 0 Å². The molecule has 1 aliphatic rings. The van der Waals surface area contributed by atoms with Crippen molar-refractivity contribution in [2.75, 3.05) is 6.61 Å². The molecule has 1 fully saturated rings. The molecule has 0 amide bonds. The van der Waals surface area contributed by atoms with E-state index in [2.05, 4.69) is 4.74 Å². The number of rotatable bonds is 0. The highest BCUT2D eigenvalue weighted by Gasteiger charge is 2.36. The standard InChI is InChI=1S/C5H10O5/c6-2-1-10-5(9)4(8)3(2)7/h2-9H,1H2/t2-,3-,4?,5?/m1/s1. The van der Waals surface area contributed by atoms with Crippen LogP contribution < -0.4 is 0 Å². The quantitative estimate of drug-likeness (QED) is 0.304. The van der Waals surface area contributed by atoms with Crippen LogP contribution in [-0.4, -0.2) is 51.6 Å². The van der Waals surface area contributed by atoms with E-state index in [4.69, 9.17) is 20.4 Å². The molecule has 0 aromatic rings. The Balaban J connectivity index is 2.52. The van der Waals surface area contributed by atoms with Crippen LogP contribution in [0.5, 0.6) is 0 Å². The lowest BCUT2D eigenvalue weighted by Crippen LogP contribution is -2.52. The van der Waals surface area contributed by atoms with E-state index in [1.54, 1.807) is 0 Å². The highest BCUT2D eigenvalue weighted by molar-refractivity contribution is 4.81. The van der Waals surface area contributed by atoms with Gasteiger partial charge in [0.05, 0.1) is 6.61 Å². The zero-order valence-electron chi connectivity index (χ0n) is 5.21. The summed E-state index contributed by atoms with van der Waals surface area (Å²) in [4.78, 5) is 0.